The smallest absolute Gasteiger partial charge is 0.0408 e. The third-order valence-corrected chi connectivity index (χ3v) is 6.60. The number of nitrogens with two attached hydrogens (primary N) is 2. The minimum atomic E-state index is 0.524. The van der Waals surface area contributed by atoms with Crippen molar-refractivity contribution in [3.05, 3.63) is 47.6 Å². The van der Waals surface area contributed by atoms with Crippen molar-refractivity contribution in [2.75, 3.05) is 11.5 Å². The number of hydrogen-bond donors (Lipinski definition) is 2. The van der Waals surface area contributed by atoms with Crippen molar-refractivity contribution in [3.8, 4) is 0 Å². The molecule has 2 aliphatic carbocycles. The highest BCUT2D eigenvalue weighted by atomic mass is 14.7. The zero-order valence-electron chi connectivity index (χ0n) is 16.4. The summed E-state index contributed by atoms with van der Waals surface area (Å²) in [5.74, 6) is 1.12. The van der Waals surface area contributed by atoms with Crippen LogP contribution >= 0.6 is 0 Å². The van der Waals surface area contributed by atoms with Crippen LogP contribution in [0, 0.1) is 0 Å². The molecule has 1 aromatic rings. The molecule has 0 bridgehead atoms. The van der Waals surface area contributed by atoms with Crippen molar-refractivity contribution in [1.29, 1.82) is 0 Å². The topological polar surface area (TPSA) is 52.0 Å². The van der Waals surface area contributed by atoms with Gasteiger partial charge in [0.05, 0.1) is 0 Å². The second-order valence-electron chi connectivity index (χ2n) is 8.27. The Morgan fingerprint density at radius 1 is 0.654 bits per heavy atom. The van der Waals surface area contributed by atoms with E-state index >= 15 is 0 Å². The third kappa shape index (κ3) is 3.70. The molecular formula is C24H36N2. The SMILES string of the molecule is C=CCc1c(N)c(C2CCCCC2)c(N)c(CC=C)c1C1CCCCC1. The van der Waals surface area contributed by atoms with Crippen LogP contribution in [0.3, 0.4) is 0 Å². The zero-order valence-corrected chi connectivity index (χ0v) is 16.4. The van der Waals surface area contributed by atoms with Crippen LogP contribution in [0.5, 0.6) is 0 Å². The molecule has 2 saturated carbocycles. The molecule has 0 unspecified atom stereocenters. The summed E-state index contributed by atoms with van der Waals surface area (Å²) in [4.78, 5) is 0. The van der Waals surface area contributed by atoms with E-state index in [2.05, 4.69) is 13.2 Å². The van der Waals surface area contributed by atoms with E-state index in [0.29, 0.717) is 11.8 Å². The summed E-state index contributed by atoms with van der Waals surface area (Å²) >= 11 is 0. The molecule has 3 rings (SSSR count). The molecule has 0 aliphatic heterocycles. The first kappa shape index (κ1) is 19.1. The van der Waals surface area contributed by atoms with Crippen LogP contribution in [0.25, 0.3) is 0 Å². The number of anilines is 2. The third-order valence-electron chi connectivity index (χ3n) is 6.60. The molecule has 26 heavy (non-hydrogen) atoms. The van der Waals surface area contributed by atoms with Gasteiger partial charge in [-0.3, -0.25) is 0 Å². The van der Waals surface area contributed by atoms with Crippen LogP contribution in [0.1, 0.15) is 98.3 Å². The largest absolute Gasteiger partial charge is 0.398 e. The lowest BCUT2D eigenvalue weighted by molar-refractivity contribution is 0.437. The van der Waals surface area contributed by atoms with Crippen molar-refractivity contribution in [3.63, 3.8) is 0 Å². The predicted octanol–water partition coefficient (Wildman–Crippen LogP) is 6.40. The highest BCUT2D eigenvalue weighted by molar-refractivity contribution is 5.74. The Kier molecular flexibility index (Phi) is 6.45. The lowest BCUT2D eigenvalue weighted by Gasteiger charge is -2.33. The Morgan fingerprint density at radius 2 is 1.04 bits per heavy atom. The molecule has 0 aromatic heterocycles. The van der Waals surface area contributed by atoms with Gasteiger partial charge >= 0.3 is 0 Å². The van der Waals surface area contributed by atoms with E-state index in [1.165, 1.54) is 86.5 Å². The Hall–Kier alpha value is -1.70. The molecule has 0 spiro atoms. The van der Waals surface area contributed by atoms with Gasteiger partial charge in [0, 0.05) is 16.9 Å². The molecule has 0 heterocycles. The number of hydrogen-bond acceptors (Lipinski definition) is 2. The van der Waals surface area contributed by atoms with Crippen LogP contribution in [0.4, 0.5) is 11.4 Å². The number of allylic oxidation sites excluding steroid dienone is 2. The number of rotatable bonds is 6. The molecule has 0 atom stereocenters. The van der Waals surface area contributed by atoms with Gasteiger partial charge in [-0.2, -0.15) is 0 Å². The van der Waals surface area contributed by atoms with E-state index in [0.717, 1.165) is 24.2 Å². The van der Waals surface area contributed by atoms with E-state index in [1.807, 2.05) is 12.2 Å². The first-order chi connectivity index (χ1) is 12.7. The normalized spacial score (nSPS) is 19.4. The monoisotopic (exact) mass is 352 g/mol. The fraction of sp³-hybridized carbons (Fsp3) is 0.583. The second kappa shape index (κ2) is 8.79. The van der Waals surface area contributed by atoms with Gasteiger partial charge in [0.15, 0.2) is 0 Å². The van der Waals surface area contributed by atoms with Crippen molar-refractivity contribution in [2.24, 2.45) is 0 Å². The van der Waals surface area contributed by atoms with Crippen LogP contribution in [0.2, 0.25) is 0 Å². The van der Waals surface area contributed by atoms with E-state index in [4.69, 9.17) is 11.5 Å². The summed E-state index contributed by atoms with van der Waals surface area (Å²) in [5, 5.41) is 0. The van der Waals surface area contributed by atoms with Crippen molar-refractivity contribution < 1.29 is 0 Å². The number of nitrogen functional groups attached to an aromatic ring is 2. The molecule has 1 aromatic carbocycles. The molecule has 2 fully saturated rings. The van der Waals surface area contributed by atoms with E-state index < -0.39 is 0 Å². The molecule has 0 radical (unpaired) electrons. The molecule has 2 aliphatic rings. The summed E-state index contributed by atoms with van der Waals surface area (Å²) in [6, 6.07) is 0. The zero-order chi connectivity index (χ0) is 18.5. The van der Waals surface area contributed by atoms with Crippen LogP contribution in [0.15, 0.2) is 25.3 Å². The van der Waals surface area contributed by atoms with Gasteiger partial charge < -0.3 is 11.5 Å². The quantitative estimate of drug-likeness (QED) is 0.459. The fourth-order valence-corrected chi connectivity index (χ4v) is 5.39. The average molecular weight is 353 g/mol. The first-order valence-electron chi connectivity index (χ1n) is 10.6. The highest BCUT2D eigenvalue weighted by Crippen LogP contribution is 2.47. The van der Waals surface area contributed by atoms with Crippen molar-refractivity contribution in [2.45, 2.75) is 88.9 Å². The Balaban J connectivity index is 2.17. The van der Waals surface area contributed by atoms with Gasteiger partial charge in [0.2, 0.25) is 0 Å². The van der Waals surface area contributed by atoms with Crippen LogP contribution in [-0.4, -0.2) is 0 Å². The van der Waals surface area contributed by atoms with Gasteiger partial charge in [-0.1, -0.05) is 50.7 Å². The Labute approximate surface area is 159 Å². The molecule has 4 N–H and O–H groups in total. The van der Waals surface area contributed by atoms with Gasteiger partial charge in [0.25, 0.3) is 0 Å². The maximum absolute atomic E-state index is 6.82. The summed E-state index contributed by atoms with van der Waals surface area (Å²) in [6.07, 6.45) is 18.6. The van der Waals surface area contributed by atoms with Crippen molar-refractivity contribution >= 4 is 11.4 Å². The number of benzene rings is 1. The molecule has 142 valence electrons. The molecular weight excluding hydrogens is 316 g/mol. The minimum absolute atomic E-state index is 0.524. The lowest BCUT2D eigenvalue weighted by Crippen LogP contribution is -2.19. The maximum Gasteiger partial charge on any atom is 0.0408 e. The van der Waals surface area contributed by atoms with E-state index in [9.17, 15) is 0 Å². The Morgan fingerprint density at radius 3 is 1.42 bits per heavy atom. The molecule has 0 amide bonds. The fourth-order valence-electron chi connectivity index (χ4n) is 5.39. The molecule has 2 heteroatoms. The Bertz CT molecular complexity index is 610. The van der Waals surface area contributed by atoms with Crippen LogP contribution < -0.4 is 11.5 Å². The minimum Gasteiger partial charge on any atom is -0.398 e. The van der Waals surface area contributed by atoms with E-state index in [1.54, 1.807) is 0 Å². The summed E-state index contributed by atoms with van der Waals surface area (Å²) < 4.78 is 0. The standard InChI is InChI=1S/C24H36N2/c1-3-11-19-21(17-13-7-5-8-14-17)20(12-4-2)24(26)22(23(19)25)18-15-9-6-10-16-18/h3-4,17-18H,1-2,5-16,25-26H2. The maximum atomic E-state index is 6.82. The summed E-state index contributed by atoms with van der Waals surface area (Å²) in [7, 11) is 0. The van der Waals surface area contributed by atoms with Gasteiger partial charge in [-0.25, -0.2) is 0 Å². The lowest BCUT2D eigenvalue weighted by atomic mass is 9.74. The summed E-state index contributed by atoms with van der Waals surface area (Å²) in [5.41, 5.74) is 20.9. The average Bonchev–Trinajstić information content (AvgIpc) is 2.67. The predicted molar refractivity (Wildman–Crippen MR) is 115 cm³/mol. The van der Waals surface area contributed by atoms with Gasteiger partial charge in [-0.05, 0) is 67.1 Å². The first-order valence-corrected chi connectivity index (χ1v) is 10.6. The van der Waals surface area contributed by atoms with Gasteiger partial charge in [-0.15, -0.1) is 13.2 Å². The molecule has 0 saturated heterocycles. The van der Waals surface area contributed by atoms with E-state index in [-0.39, 0.29) is 0 Å². The van der Waals surface area contributed by atoms with Crippen LogP contribution in [-0.2, 0) is 12.8 Å². The van der Waals surface area contributed by atoms with Gasteiger partial charge in [0.1, 0.15) is 0 Å². The van der Waals surface area contributed by atoms with Crippen molar-refractivity contribution in [1.82, 2.24) is 0 Å². The highest BCUT2D eigenvalue weighted by Gasteiger charge is 2.29. The molecule has 2 nitrogen and oxygen atoms in total. The second-order valence-corrected chi connectivity index (χ2v) is 8.27. The summed E-state index contributed by atoms with van der Waals surface area (Å²) in [6.45, 7) is 8.03.